The van der Waals surface area contributed by atoms with Crippen LogP contribution in [-0.2, 0) is 27.4 Å². The van der Waals surface area contributed by atoms with Gasteiger partial charge in [-0.2, -0.15) is 8.42 Å². The van der Waals surface area contributed by atoms with Gasteiger partial charge in [0.2, 0.25) is 0 Å². The molecule has 0 amide bonds. The summed E-state index contributed by atoms with van der Waals surface area (Å²) in [4.78, 5) is 2.54. The van der Waals surface area contributed by atoms with Gasteiger partial charge in [-0.15, -0.1) is 0 Å². The maximum atomic E-state index is 11.2. The van der Waals surface area contributed by atoms with Gasteiger partial charge in [0, 0.05) is 19.6 Å². The molecule has 2 aromatic carbocycles. The molecule has 1 saturated carbocycles. The normalized spacial score (nSPS) is 20.4. The first kappa shape index (κ1) is 21.0. The average Bonchev–Trinajstić information content (AvgIpc) is 2.68. The second kappa shape index (κ2) is 10.2. The Balaban J connectivity index is 1.55. The van der Waals surface area contributed by atoms with Crippen LogP contribution >= 0.6 is 0 Å². The lowest BCUT2D eigenvalue weighted by molar-refractivity contribution is 0.145. The molecule has 28 heavy (non-hydrogen) atoms. The predicted octanol–water partition coefficient (Wildman–Crippen LogP) is 4.47. The number of hydrogen-bond donors (Lipinski definition) is 0. The quantitative estimate of drug-likeness (QED) is 0.582. The van der Waals surface area contributed by atoms with Crippen LogP contribution in [0.25, 0.3) is 0 Å². The third-order valence-electron chi connectivity index (χ3n) is 5.50. The van der Waals surface area contributed by atoms with Crippen molar-refractivity contribution in [1.82, 2.24) is 4.90 Å². The molecule has 0 bridgehead atoms. The Morgan fingerprint density at radius 3 is 1.75 bits per heavy atom. The van der Waals surface area contributed by atoms with Gasteiger partial charge in [-0.25, -0.2) is 0 Å². The molecular formula is C23H31NO3S. The molecule has 152 valence electrons. The van der Waals surface area contributed by atoms with Crippen molar-refractivity contribution in [3.05, 3.63) is 71.8 Å². The first-order valence-electron chi connectivity index (χ1n) is 10.1. The van der Waals surface area contributed by atoms with Gasteiger partial charge in [0.25, 0.3) is 10.1 Å². The number of nitrogens with zero attached hydrogens (tertiary/aromatic N) is 1. The number of rotatable bonds is 9. The van der Waals surface area contributed by atoms with Crippen molar-refractivity contribution in [2.75, 3.05) is 19.4 Å². The molecule has 5 heteroatoms. The smallest absolute Gasteiger partial charge is 0.264 e. The Bertz CT molecular complexity index is 759. The molecule has 1 fully saturated rings. The second-order valence-corrected chi connectivity index (χ2v) is 9.66. The second-order valence-electron chi connectivity index (χ2n) is 8.02. The highest BCUT2D eigenvalue weighted by Crippen LogP contribution is 2.30. The monoisotopic (exact) mass is 401 g/mol. The van der Waals surface area contributed by atoms with Crippen molar-refractivity contribution in [3.63, 3.8) is 0 Å². The van der Waals surface area contributed by atoms with E-state index in [4.69, 9.17) is 4.18 Å². The minimum Gasteiger partial charge on any atom is -0.295 e. The van der Waals surface area contributed by atoms with E-state index in [0.29, 0.717) is 18.4 Å². The van der Waals surface area contributed by atoms with Crippen molar-refractivity contribution in [1.29, 1.82) is 0 Å². The van der Waals surface area contributed by atoms with Crippen molar-refractivity contribution in [2.24, 2.45) is 11.8 Å². The first-order valence-corrected chi connectivity index (χ1v) is 11.9. The molecule has 0 saturated heterocycles. The third-order valence-corrected chi connectivity index (χ3v) is 6.06. The lowest BCUT2D eigenvalue weighted by Gasteiger charge is -2.32. The molecule has 3 rings (SSSR count). The van der Waals surface area contributed by atoms with Crippen LogP contribution in [0.5, 0.6) is 0 Å². The van der Waals surface area contributed by atoms with Gasteiger partial charge in [-0.3, -0.25) is 9.08 Å². The van der Waals surface area contributed by atoms with Gasteiger partial charge in [0.05, 0.1) is 12.9 Å². The molecule has 0 atom stereocenters. The number of hydrogen-bond acceptors (Lipinski definition) is 4. The van der Waals surface area contributed by atoms with E-state index >= 15 is 0 Å². The maximum absolute atomic E-state index is 11.2. The average molecular weight is 402 g/mol. The predicted molar refractivity (Wildman–Crippen MR) is 113 cm³/mol. The molecule has 2 aromatic rings. The highest BCUT2D eigenvalue weighted by molar-refractivity contribution is 7.85. The summed E-state index contributed by atoms with van der Waals surface area (Å²) in [5.41, 5.74) is 2.68. The Hall–Kier alpha value is -1.69. The zero-order valence-corrected chi connectivity index (χ0v) is 17.5. The molecule has 4 nitrogen and oxygen atoms in total. The first-order chi connectivity index (χ1) is 13.5. The Morgan fingerprint density at radius 1 is 0.821 bits per heavy atom. The molecule has 0 N–H and O–H groups in total. The molecule has 0 aliphatic heterocycles. The van der Waals surface area contributed by atoms with E-state index in [1.54, 1.807) is 0 Å². The molecule has 1 aliphatic carbocycles. The zero-order valence-electron chi connectivity index (χ0n) is 16.7. The van der Waals surface area contributed by atoms with Crippen LogP contribution in [0.1, 0.15) is 36.8 Å². The third kappa shape index (κ3) is 7.38. The summed E-state index contributed by atoms with van der Waals surface area (Å²) in [6, 6.07) is 21.3. The molecule has 0 unspecified atom stereocenters. The summed E-state index contributed by atoms with van der Waals surface area (Å²) in [6.07, 6.45) is 5.49. The molecule has 0 heterocycles. The highest BCUT2D eigenvalue weighted by atomic mass is 32.2. The fraction of sp³-hybridized carbons (Fsp3) is 0.478. The lowest BCUT2D eigenvalue weighted by Crippen LogP contribution is -2.31. The summed E-state index contributed by atoms with van der Waals surface area (Å²) in [6.45, 7) is 3.31. The lowest BCUT2D eigenvalue weighted by atomic mass is 9.82. The largest absolute Gasteiger partial charge is 0.295 e. The number of benzene rings is 2. The van der Waals surface area contributed by atoms with E-state index in [-0.39, 0.29) is 0 Å². The minimum absolute atomic E-state index is 0.337. The maximum Gasteiger partial charge on any atom is 0.264 e. The standard InChI is InChI=1S/C23H31NO3S/c1-28(25,26)27-19-23-14-12-22(13-15-23)18-24(16-20-8-4-2-5-9-20)17-21-10-6-3-7-11-21/h2-11,22-23H,12-19H2,1H3/t22-,23+. The molecule has 0 aromatic heterocycles. The van der Waals surface area contributed by atoms with E-state index in [1.807, 2.05) is 0 Å². The fourth-order valence-corrected chi connectivity index (χ4v) is 4.47. The topological polar surface area (TPSA) is 46.6 Å². The van der Waals surface area contributed by atoms with Gasteiger partial charge < -0.3 is 0 Å². The molecule has 0 radical (unpaired) electrons. The summed E-state index contributed by atoms with van der Waals surface area (Å²) in [7, 11) is -3.33. The van der Waals surface area contributed by atoms with E-state index in [1.165, 1.54) is 11.1 Å². The Labute approximate surface area is 169 Å². The minimum atomic E-state index is -3.33. The van der Waals surface area contributed by atoms with Crippen LogP contribution in [-0.4, -0.2) is 32.7 Å². The van der Waals surface area contributed by atoms with Gasteiger partial charge in [0.15, 0.2) is 0 Å². The van der Waals surface area contributed by atoms with Gasteiger partial charge >= 0.3 is 0 Å². The summed E-state index contributed by atoms with van der Waals surface area (Å²) >= 11 is 0. The Kier molecular flexibility index (Phi) is 7.65. The fourth-order valence-electron chi connectivity index (χ4n) is 4.03. The van der Waals surface area contributed by atoms with Gasteiger partial charge in [-0.05, 0) is 48.6 Å². The van der Waals surface area contributed by atoms with Crippen molar-refractivity contribution in [3.8, 4) is 0 Å². The molecule has 0 spiro atoms. The SMILES string of the molecule is CS(=O)(=O)OC[C@H]1CC[C@@H](CN(Cc2ccccc2)Cc2ccccc2)CC1. The summed E-state index contributed by atoms with van der Waals surface area (Å²) < 4.78 is 27.4. The van der Waals surface area contributed by atoms with Crippen molar-refractivity contribution in [2.45, 2.75) is 38.8 Å². The summed E-state index contributed by atoms with van der Waals surface area (Å²) in [5.74, 6) is 1.02. The van der Waals surface area contributed by atoms with Gasteiger partial charge in [0.1, 0.15) is 0 Å². The van der Waals surface area contributed by atoms with E-state index in [9.17, 15) is 8.42 Å². The highest BCUT2D eigenvalue weighted by Gasteiger charge is 2.24. The zero-order chi connectivity index (χ0) is 19.8. The molecular weight excluding hydrogens is 370 g/mol. The van der Waals surface area contributed by atoms with Crippen LogP contribution in [0.15, 0.2) is 60.7 Å². The van der Waals surface area contributed by atoms with Gasteiger partial charge in [-0.1, -0.05) is 60.7 Å². The van der Waals surface area contributed by atoms with E-state index < -0.39 is 10.1 Å². The van der Waals surface area contributed by atoms with Crippen LogP contribution in [0.4, 0.5) is 0 Å². The van der Waals surface area contributed by atoms with Crippen LogP contribution in [0.3, 0.4) is 0 Å². The van der Waals surface area contributed by atoms with Crippen LogP contribution in [0, 0.1) is 11.8 Å². The molecule has 1 aliphatic rings. The van der Waals surface area contributed by atoms with Crippen molar-refractivity contribution >= 4 is 10.1 Å². The van der Waals surface area contributed by atoms with E-state index in [0.717, 1.165) is 51.6 Å². The van der Waals surface area contributed by atoms with Crippen LogP contribution < -0.4 is 0 Å². The summed E-state index contributed by atoms with van der Waals surface area (Å²) in [5, 5.41) is 0. The van der Waals surface area contributed by atoms with Crippen LogP contribution in [0.2, 0.25) is 0 Å². The van der Waals surface area contributed by atoms with E-state index in [2.05, 4.69) is 65.6 Å². The Morgan fingerprint density at radius 2 is 1.29 bits per heavy atom. The van der Waals surface area contributed by atoms with Crippen molar-refractivity contribution < 1.29 is 12.6 Å².